The number of H-pyrrole nitrogens is 1. The van der Waals surface area contributed by atoms with Crippen LogP contribution in [0.25, 0.3) is 0 Å². The zero-order chi connectivity index (χ0) is 13.1. The number of nitrogen functional groups attached to an aromatic ring is 1. The first kappa shape index (κ1) is 11.9. The molecule has 2 rings (SSSR count). The number of nitrogens with one attached hydrogen (secondary N) is 2. The van der Waals surface area contributed by atoms with Crippen molar-refractivity contribution in [2.24, 2.45) is 5.73 Å². The van der Waals surface area contributed by atoms with Crippen molar-refractivity contribution < 1.29 is 4.79 Å². The SMILES string of the molecule is Cc1[nH]ncc1CNc1ncc(N)cc1C(N)=O. The molecule has 1 amide bonds. The van der Waals surface area contributed by atoms with Crippen LogP contribution in [0.1, 0.15) is 21.6 Å². The molecular formula is C11H14N6O. The number of primary amides is 1. The molecule has 0 aliphatic heterocycles. The van der Waals surface area contributed by atoms with Crippen LogP contribution in [-0.4, -0.2) is 21.1 Å². The second-order valence-electron chi connectivity index (χ2n) is 3.90. The molecule has 0 radical (unpaired) electrons. The molecule has 7 heteroatoms. The van der Waals surface area contributed by atoms with Gasteiger partial charge in [-0.2, -0.15) is 5.10 Å². The molecule has 18 heavy (non-hydrogen) atoms. The van der Waals surface area contributed by atoms with E-state index in [1.807, 2.05) is 6.92 Å². The Morgan fingerprint density at radius 2 is 2.28 bits per heavy atom. The van der Waals surface area contributed by atoms with Crippen LogP contribution >= 0.6 is 0 Å². The van der Waals surface area contributed by atoms with Gasteiger partial charge in [0.2, 0.25) is 0 Å². The van der Waals surface area contributed by atoms with Gasteiger partial charge in [-0.15, -0.1) is 0 Å². The Morgan fingerprint density at radius 1 is 1.50 bits per heavy atom. The fourth-order valence-electron chi connectivity index (χ4n) is 1.54. The Bertz CT molecular complexity index is 577. The van der Waals surface area contributed by atoms with Crippen LogP contribution in [0.5, 0.6) is 0 Å². The molecule has 2 aromatic heterocycles. The van der Waals surface area contributed by atoms with Crippen LogP contribution in [0, 0.1) is 6.92 Å². The minimum absolute atomic E-state index is 0.274. The Morgan fingerprint density at radius 3 is 2.89 bits per heavy atom. The summed E-state index contributed by atoms with van der Waals surface area (Å²) in [6.45, 7) is 2.41. The molecular weight excluding hydrogens is 232 g/mol. The topological polar surface area (TPSA) is 123 Å². The quantitative estimate of drug-likeness (QED) is 0.622. The van der Waals surface area contributed by atoms with E-state index in [1.165, 1.54) is 12.3 Å². The number of carbonyl (C=O) groups excluding carboxylic acids is 1. The monoisotopic (exact) mass is 246 g/mol. The van der Waals surface area contributed by atoms with Gasteiger partial charge in [0.25, 0.3) is 5.91 Å². The van der Waals surface area contributed by atoms with Gasteiger partial charge < -0.3 is 16.8 Å². The summed E-state index contributed by atoms with van der Waals surface area (Å²) in [5.74, 6) is -0.154. The van der Waals surface area contributed by atoms with Crippen molar-refractivity contribution in [3.05, 3.63) is 35.3 Å². The molecule has 0 unspecified atom stereocenters. The highest BCUT2D eigenvalue weighted by molar-refractivity contribution is 5.98. The van der Waals surface area contributed by atoms with Crippen LogP contribution < -0.4 is 16.8 Å². The third kappa shape index (κ3) is 2.40. The lowest BCUT2D eigenvalue weighted by Gasteiger charge is -2.09. The Labute approximate surface area is 104 Å². The predicted octanol–water partition coefficient (Wildman–Crippen LogP) is 0.406. The number of aromatic amines is 1. The van der Waals surface area contributed by atoms with E-state index < -0.39 is 5.91 Å². The van der Waals surface area contributed by atoms with Gasteiger partial charge in [-0.3, -0.25) is 9.89 Å². The number of nitrogens with two attached hydrogens (primary N) is 2. The van der Waals surface area contributed by atoms with E-state index in [1.54, 1.807) is 6.20 Å². The summed E-state index contributed by atoms with van der Waals surface area (Å²) in [4.78, 5) is 15.3. The third-order valence-electron chi connectivity index (χ3n) is 2.55. The highest BCUT2D eigenvalue weighted by Gasteiger charge is 2.10. The molecule has 94 valence electrons. The average Bonchev–Trinajstić information content (AvgIpc) is 2.73. The minimum atomic E-state index is -0.568. The van der Waals surface area contributed by atoms with Crippen molar-refractivity contribution in [2.45, 2.75) is 13.5 Å². The molecule has 0 saturated carbocycles. The third-order valence-corrected chi connectivity index (χ3v) is 2.55. The van der Waals surface area contributed by atoms with Crippen LogP contribution in [0.15, 0.2) is 18.5 Å². The molecule has 0 atom stereocenters. The van der Waals surface area contributed by atoms with E-state index in [9.17, 15) is 4.79 Å². The maximum atomic E-state index is 11.3. The molecule has 0 fully saturated rings. The molecule has 0 bridgehead atoms. The molecule has 2 heterocycles. The van der Waals surface area contributed by atoms with Crippen LogP contribution in [0.4, 0.5) is 11.5 Å². The van der Waals surface area contributed by atoms with Crippen molar-refractivity contribution >= 4 is 17.4 Å². The van der Waals surface area contributed by atoms with Crippen molar-refractivity contribution in [1.82, 2.24) is 15.2 Å². The van der Waals surface area contributed by atoms with Crippen molar-refractivity contribution in [2.75, 3.05) is 11.1 Å². The molecule has 0 saturated heterocycles. The normalized spacial score (nSPS) is 10.3. The number of aryl methyl sites for hydroxylation is 1. The number of carbonyl (C=O) groups is 1. The maximum Gasteiger partial charge on any atom is 0.252 e. The second-order valence-corrected chi connectivity index (χ2v) is 3.90. The standard InChI is InChI=1S/C11H14N6O/c1-6-7(4-16-17-6)3-14-11-9(10(13)18)2-8(12)5-15-11/h2,4-5H,3,12H2,1H3,(H2,13,18)(H,14,15)(H,16,17). The molecule has 0 spiro atoms. The van der Waals surface area contributed by atoms with Crippen LogP contribution in [0.3, 0.4) is 0 Å². The number of nitrogens with zero attached hydrogens (tertiary/aromatic N) is 2. The Hall–Kier alpha value is -2.57. The number of anilines is 2. The van der Waals surface area contributed by atoms with E-state index in [0.717, 1.165) is 11.3 Å². The smallest absolute Gasteiger partial charge is 0.252 e. The number of hydrogen-bond acceptors (Lipinski definition) is 5. The van der Waals surface area contributed by atoms with Gasteiger partial charge in [-0.05, 0) is 13.0 Å². The number of aromatic nitrogens is 3. The van der Waals surface area contributed by atoms with Gasteiger partial charge in [0.05, 0.1) is 23.6 Å². The fraction of sp³-hybridized carbons (Fsp3) is 0.182. The summed E-state index contributed by atoms with van der Waals surface area (Å²) >= 11 is 0. The number of hydrogen-bond donors (Lipinski definition) is 4. The van der Waals surface area contributed by atoms with Gasteiger partial charge in [0, 0.05) is 17.8 Å². The largest absolute Gasteiger partial charge is 0.397 e. The van der Waals surface area contributed by atoms with Gasteiger partial charge in [0.1, 0.15) is 5.82 Å². The van der Waals surface area contributed by atoms with Gasteiger partial charge >= 0.3 is 0 Å². The Kier molecular flexibility index (Phi) is 3.13. The number of amides is 1. The molecule has 0 aliphatic carbocycles. The first-order valence-corrected chi connectivity index (χ1v) is 5.36. The first-order chi connectivity index (χ1) is 8.58. The number of pyridine rings is 1. The summed E-state index contributed by atoms with van der Waals surface area (Å²) in [6.07, 6.45) is 3.18. The zero-order valence-corrected chi connectivity index (χ0v) is 9.90. The molecule has 2 aromatic rings. The first-order valence-electron chi connectivity index (χ1n) is 5.36. The van der Waals surface area contributed by atoms with E-state index in [4.69, 9.17) is 11.5 Å². The van der Waals surface area contributed by atoms with Crippen molar-refractivity contribution in [3.8, 4) is 0 Å². The second kappa shape index (κ2) is 4.74. The van der Waals surface area contributed by atoms with E-state index in [2.05, 4.69) is 20.5 Å². The average molecular weight is 246 g/mol. The van der Waals surface area contributed by atoms with E-state index >= 15 is 0 Å². The van der Waals surface area contributed by atoms with Gasteiger partial charge in [-0.25, -0.2) is 4.98 Å². The molecule has 0 aliphatic rings. The summed E-state index contributed by atoms with van der Waals surface area (Å²) in [5, 5.41) is 9.78. The molecule has 7 nitrogen and oxygen atoms in total. The summed E-state index contributed by atoms with van der Waals surface area (Å²) in [5.41, 5.74) is 13.5. The predicted molar refractivity (Wildman–Crippen MR) is 67.8 cm³/mol. The highest BCUT2D eigenvalue weighted by Crippen LogP contribution is 2.16. The van der Waals surface area contributed by atoms with Gasteiger partial charge in [-0.1, -0.05) is 0 Å². The lowest BCUT2D eigenvalue weighted by Crippen LogP contribution is -2.16. The maximum absolute atomic E-state index is 11.3. The van der Waals surface area contributed by atoms with Crippen LogP contribution in [0.2, 0.25) is 0 Å². The zero-order valence-electron chi connectivity index (χ0n) is 9.90. The van der Waals surface area contributed by atoms with Crippen molar-refractivity contribution in [3.63, 3.8) is 0 Å². The summed E-state index contributed by atoms with van der Waals surface area (Å²) in [7, 11) is 0. The van der Waals surface area contributed by atoms with Crippen molar-refractivity contribution in [1.29, 1.82) is 0 Å². The Balaban J connectivity index is 2.19. The van der Waals surface area contributed by atoms with E-state index in [0.29, 0.717) is 18.1 Å². The lowest BCUT2D eigenvalue weighted by atomic mass is 10.2. The lowest BCUT2D eigenvalue weighted by molar-refractivity contribution is 0.100. The van der Waals surface area contributed by atoms with Crippen LogP contribution in [-0.2, 0) is 6.54 Å². The van der Waals surface area contributed by atoms with E-state index in [-0.39, 0.29) is 5.56 Å². The minimum Gasteiger partial charge on any atom is -0.397 e. The number of rotatable bonds is 4. The summed E-state index contributed by atoms with van der Waals surface area (Å²) < 4.78 is 0. The highest BCUT2D eigenvalue weighted by atomic mass is 16.1. The molecule has 0 aromatic carbocycles. The van der Waals surface area contributed by atoms with Gasteiger partial charge in [0.15, 0.2) is 0 Å². The fourth-order valence-corrected chi connectivity index (χ4v) is 1.54. The molecule has 6 N–H and O–H groups in total. The summed E-state index contributed by atoms with van der Waals surface area (Å²) in [6, 6.07) is 1.50.